The SMILES string of the molecule is CC(C)CC(NC(=O)C(CCCCN)NC(=O)C(Cc1cnc[nH]1)NC(=O)C(N)CCC(=O)O)C(=O)O. The fraction of sp³-hybridized carbons (Fsp3) is 0.652. The van der Waals surface area contributed by atoms with Crippen molar-refractivity contribution in [3.63, 3.8) is 0 Å². The lowest BCUT2D eigenvalue weighted by molar-refractivity contribution is -0.143. The molecule has 0 spiro atoms. The van der Waals surface area contributed by atoms with Crippen molar-refractivity contribution >= 4 is 29.7 Å². The number of rotatable bonds is 18. The Kier molecular flexibility index (Phi) is 13.9. The Morgan fingerprint density at radius 3 is 2.11 bits per heavy atom. The van der Waals surface area contributed by atoms with E-state index in [0.717, 1.165) is 0 Å². The maximum absolute atomic E-state index is 13.2. The molecule has 1 aromatic heterocycles. The van der Waals surface area contributed by atoms with Crippen LogP contribution in [0.25, 0.3) is 0 Å². The second-order valence-electron chi connectivity index (χ2n) is 9.26. The Balaban J connectivity index is 3.04. The normalized spacial score (nSPS) is 14.3. The average molecular weight is 526 g/mol. The molecular weight excluding hydrogens is 486 g/mol. The quantitative estimate of drug-likeness (QED) is 0.107. The third kappa shape index (κ3) is 12.3. The molecule has 0 aliphatic carbocycles. The van der Waals surface area contributed by atoms with Gasteiger partial charge in [-0.2, -0.15) is 0 Å². The van der Waals surface area contributed by atoms with Crippen LogP contribution in [0.4, 0.5) is 0 Å². The van der Waals surface area contributed by atoms with E-state index in [1.165, 1.54) is 12.5 Å². The van der Waals surface area contributed by atoms with Gasteiger partial charge in [-0.3, -0.25) is 19.2 Å². The van der Waals surface area contributed by atoms with E-state index >= 15 is 0 Å². The summed E-state index contributed by atoms with van der Waals surface area (Å²) < 4.78 is 0. The number of aromatic nitrogens is 2. The first kappa shape index (κ1) is 31.5. The van der Waals surface area contributed by atoms with Gasteiger partial charge in [0.15, 0.2) is 0 Å². The first-order chi connectivity index (χ1) is 17.4. The topological polar surface area (TPSA) is 243 Å². The van der Waals surface area contributed by atoms with Crippen LogP contribution in [-0.2, 0) is 30.4 Å². The molecule has 10 N–H and O–H groups in total. The molecular formula is C23H39N7O7. The first-order valence-electron chi connectivity index (χ1n) is 12.2. The summed E-state index contributed by atoms with van der Waals surface area (Å²) in [6.07, 6.45) is 3.89. The minimum atomic E-state index is -1.19. The molecule has 14 heteroatoms. The van der Waals surface area contributed by atoms with Crippen LogP contribution in [0.5, 0.6) is 0 Å². The molecule has 0 saturated carbocycles. The maximum atomic E-state index is 13.2. The van der Waals surface area contributed by atoms with Crippen molar-refractivity contribution < 1.29 is 34.2 Å². The van der Waals surface area contributed by atoms with Crippen molar-refractivity contribution in [3.8, 4) is 0 Å². The molecule has 4 unspecified atom stereocenters. The number of aromatic amines is 1. The molecule has 0 aliphatic heterocycles. The number of hydrogen-bond donors (Lipinski definition) is 8. The highest BCUT2D eigenvalue weighted by Gasteiger charge is 2.30. The van der Waals surface area contributed by atoms with E-state index in [1.807, 2.05) is 13.8 Å². The number of hydrogen-bond acceptors (Lipinski definition) is 8. The van der Waals surface area contributed by atoms with Crippen molar-refractivity contribution in [2.24, 2.45) is 17.4 Å². The molecule has 1 heterocycles. The Morgan fingerprint density at radius 2 is 1.57 bits per heavy atom. The number of carbonyl (C=O) groups excluding carboxylic acids is 3. The molecule has 4 atom stereocenters. The van der Waals surface area contributed by atoms with Gasteiger partial charge >= 0.3 is 11.9 Å². The van der Waals surface area contributed by atoms with E-state index in [9.17, 15) is 29.1 Å². The van der Waals surface area contributed by atoms with E-state index in [2.05, 4.69) is 25.9 Å². The number of aliphatic carboxylic acids is 2. The largest absolute Gasteiger partial charge is 0.481 e. The summed E-state index contributed by atoms with van der Waals surface area (Å²) in [5, 5.41) is 25.9. The monoisotopic (exact) mass is 525 g/mol. The number of carbonyl (C=O) groups is 5. The van der Waals surface area contributed by atoms with Gasteiger partial charge in [0.25, 0.3) is 0 Å². The zero-order valence-electron chi connectivity index (χ0n) is 21.2. The number of imidazole rings is 1. The number of unbranched alkanes of at least 4 members (excludes halogenated alkanes) is 1. The van der Waals surface area contributed by atoms with Crippen molar-refractivity contribution in [2.45, 2.75) is 83.0 Å². The van der Waals surface area contributed by atoms with Crippen LogP contribution in [0.3, 0.4) is 0 Å². The predicted octanol–water partition coefficient (Wildman–Crippen LogP) is -1.14. The molecule has 1 rings (SSSR count). The third-order valence-electron chi connectivity index (χ3n) is 5.52. The van der Waals surface area contributed by atoms with Crippen molar-refractivity contribution in [3.05, 3.63) is 18.2 Å². The average Bonchev–Trinajstić information content (AvgIpc) is 3.33. The Morgan fingerprint density at radius 1 is 0.946 bits per heavy atom. The van der Waals surface area contributed by atoms with E-state index < -0.39 is 53.8 Å². The van der Waals surface area contributed by atoms with Gasteiger partial charge in [0.05, 0.1) is 12.4 Å². The fourth-order valence-corrected chi connectivity index (χ4v) is 3.51. The lowest BCUT2D eigenvalue weighted by Crippen LogP contribution is -2.57. The molecule has 37 heavy (non-hydrogen) atoms. The van der Waals surface area contributed by atoms with Crippen LogP contribution in [0.2, 0.25) is 0 Å². The van der Waals surface area contributed by atoms with E-state index in [4.69, 9.17) is 16.6 Å². The van der Waals surface area contributed by atoms with Gasteiger partial charge in [0.1, 0.15) is 18.1 Å². The van der Waals surface area contributed by atoms with Crippen LogP contribution in [-0.4, -0.2) is 80.6 Å². The van der Waals surface area contributed by atoms with Gasteiger partial charge in [-0.05, 0) is 44.6 Å². The van der Waals surface area contributed by atoms with Crippen molar-refractivity contribution in [2.75, 3.05) is 6.54 Å². The molecule has 14 nitrogen and oxygen atoms in total. The smallest absolute Gasteiger partial charge is 0.326 e. The van der Waals surface area contributed by atoms with Crippen molar-refractivity contribution in [1.82, 2.24) is 25.9 Å². The number of nitrogens with one attached hydrogen (secondary N) is 4. The summed E-state index contributed by atoms with van der Waals surface area (Å²) in [4.78, 5) is 67.9. The Hall–Kier alpha value is -3.52. The molecule has 0 radical (unpaired) electrons. The van der Waals surface area contributed by atoms with E-state index in [1.54, 1.807) is 0 Å². The molecule has 3 amide bonds. The summed E-state index contributed by atoms with van der Waals surface area (Å²) in [5.41, 5.74) is 11.8. The molecule has 0 bridgehead atoms. The van der Waals surface area contributed by atoms with Crippen LogP contribution >= 0.6 is 0 Å². The van der Waals surface area contributed by atoms with Gasteiger partial charge in [-0.1, -0.05) is 13.8 Å². The maximum Gasteiger partial charge on any atom is 0.326 e. The lowest BCUT2D eigenvalue weighted by atomic mass is 10.0. The lowest BCUT2D eigenvalue weighted by Gasteiger charge is -2.25. The summed E-state index contributed by atoms with van der Waals surface area (Å²) in [5.74, 6) is -4.38. The van der Waals surface area contributed by atoms with Crippen LogP contribution in [0, 0.1) is 5.92 Å². The fourth-order valence-electron chi connectivity index (χ4n) is 3.51. The first-order valence-corrected chi connectivity index (χ1v) is 12.2. The second kappa shape index (κ2) is 16.3. The Bertz CT molecular complexity index is 892. The summed E-state index contributed by atoms with van der Waals surface area (Å²) in [6, 6.07) is -4.53. The second-order valence-corrected chi connectivity index (χ2v) is 9.26. The number of nitrogens with zero attached hydrogens (tertiary/aromatic N) is 1. The van der Waals surface area contributed by atoms with Gasteiger partial charge in [0, 0.05) is 24.7 Å². The minimum Gasteiger partial charge on any atom is -0.481 e. The molecule has 0 aliphatic rings. The number of nitrogens with two attached hydrogens (primary N) is 2. The van der Waals surface area contributed by atoms with Crippen LogP contribution in [0.15, 0.2) is 12.5 Å². The summed E-state index contributed by atoms with van der Waals surface area (Å²) >= 11 is 0. The van der Waals surface area contributed by atoms with E-state index in [-0.39, 0.29) is 38.0 Å². The number of carboxylic acid groups (broad SMARTS) is 2. The molecule has 0 saturated heterocycles. The third-order valence-corrected chi connectivity index (χ3v) is 5.52. The number of amides is 3. The van der Waals surface area contributed by atoms with Gasteiger partial charge in [0.2, 0.25) is 17.7 Å². The molecule has 0 aromatic carbocycles. The zero-order chi connectivity index (χ0) is 28.0. The highest BCUT2D eigenvalue weighted by Crippen LogP contribution is 2.09. The van der Waals surface area contributed by atoms with Gasteiger partial charge in [-0.25, -0.2) is 9.78 Å². The molecule has 0 fully saturated rings. The number of H-pyrrole nitrogens is 1. The molecule has 1 aromatic rings. The predicted molar refractivity (Wildman–Crippen MR) is 133 cm³/mol. The van der Waals surface area contributed by atoms with Gasteiger partial charge < -0.3 is 42.6 Å². The highest BCUT2D eigenvalue weighted by atomic mass is 16.4. The van der Waals surface area contributed by atoms with Crippen LogP contribution in [0.1, 0.15) is 58.1 Å². The standard InChI is InChI=1S/C23H39N7O7/c1-13(2)9-18(23(36)37)30-21(34)16(5-3-4-8-24)28-22(35)17(10-14-11-26-12-27-14)29-20(33)15(25)6-7-19(31)32/h11-13,15-18H,3-10,24-25H2,1-2H3,(H,26,27)(H,28,35)(H,29,33)(H,30,34)(H,31,32)(H,36,37). The minimum absolute atomic E-state index is 0.00557. The summed E-state index contributed by atoms with van der Waals surface area (Å²) in [7, 11) is 0. The Labute approximate surface area is 215 Å². The van der Waals surface area contributed by atoms with Crippen LogP contribution < -0.4 is 27.4 Å². The van der Waals surface area contributed by atoms with Crippen molar-refractivity contribution in [1.29, 1.82) is 0 Å². The zero-order valence-corrected chi connectivity index (χ0v) is 21.2. The van der Waals surface area contributed by atoms with E-state index in [0.29, 0.717) is 25.1 Å². The number of carboxylic acids is 2. The molecule has 208 valence electrons. The highest BCUT2D eigenvalue weighted by molar-refractivity contribution is 5.94. The summed E-state index contributed by atoms with van der Waals surface area (Å²) in [6.45, 7) is 4.03. The van der Waals surface area contributed by atoms with Gasteiger partial charge in [-0.15, -0.1) is 0 Å².